The van der Waals surface area contributed by atoms with Gasteiger partial charge in [0.05, 0.1) is 19.8 Å². The Kier molecular flexibility index (Phi) is 2.77. The molecule has 82 valence electrons. The van der Waals surface area contributed by atoms with Crippen LogP contribution in [-0.2, 0) is 0 Å². The van der Waals surface area contributed by atoms with Crippen LogP contribution in [0.4, 0.5) is 0 Å². The number of rotatable bonds is 4. The Balaban J connectivity index is 2.34. The predicted molar refractivity (Wildman–Crippen MR) is 57.2 cm³/mol. The Morgan fingerprint density at radius 3 is 2.80 bits per heavy atom. The Bertz CT molecular complexity index is 332. The minimum Gasteiger partial charge on any atom is -0.496 e. The third kappa shape index (κ3) is 1.77. The molecule has 0 spiro atoms. The number of hydrogen-bond acceptors (Lipinski definition) is 4. The lowest BCUT2D eigenvalue weighted by atomic mass is 10.1. The number of methoxy groups -OCH3 is 2. The highest BCUT2D eigenvalue weighted by Gasteiger charge is 2.41. The number of nitrogens with zero attached hydrogens (tertiary/aromatic N) is 1. The van der Waals surface area contributed by atoms with Gasteiger partial charge in [-0.1, -0.05) is 0 Å². The van der Waals surface area contributed by atoms with E-state index < -0.39 is 0 Å². The molecule has 1 aromatic heterocycles. The number of nitrogens with two attached hydrogens (primary N) is 1. The number of pyridine rings is 1. The van der Waals surface area contributed by atoms with Crippen molar-refractivity contribution >= 4 is 0 Å². The van der Waals surface area contributed by atoms with Crippen molar-refractivity contribution in [2.45, 2.75) is 12.3 Å². The van der Waals surface area contributed by atoms with Gasteiger partial charge in [-0.15, -0.1) is 0 Å². The molecule has 2 rings (SSSR count). The minimum absolute atomic E-state index is 0.452. The van der Waals surface area contributed by atoms with Crippen LogP contribution < -0.4 is 15.2 Å². The van der Waals surface area contributed by atoms with Crippen LogP contribution in [0.5, 0.6) is 11.6 Å². The van der Waals surface area contributed by atoms with E-state index in [1.807, 2.05) is 6.07 Å². The van der Waals surface area contributed by atoms with Gasteiger partial charge >= 0.3 is 0 Å². The van der Waals surface area contributed by atoms with E-state index >= 15 is 0 Å². The fourth-order valence-electron chi connectivity index (χ4n) is 1.98. The molecule has 4 nitrogen and oxygen atoms in total. The molecule has 1 saturated carbocycles. The highest BCUT2D eigenvalue weighted by atomic mass is 16.5. The first-order chi connectivity index (χ1) is 7.31. The van der Waals surface area contributed by atoms with Gasteiger partial charge in [0.1, 0.15) is 5.75 Å². The van der Waals surface area contributed by atoms with Crippen LogP contribution in [0.3, 0.4) is 0 Å². The van der Waals surface area contributed by atoms with Crippen LogP contribution in [0.1, 0.15) is 17.9 Å². The van der Waals surface area contributed by atoms with Crippen molar-refractivity contribution in [2.75, 3.05) is 20.8 Å². The Hall–Kier alpha value is -1.29. The first kappa shape index (κ1) is 10.2. The van der Waals surface area contributed by atoms with Crippen molar-refractivity contribution in [3.05, 3.63) is 17.8 Å². The zero-order chi connectivity index (χ0) is 10.8. The SMILES string of the molecule is COc1ccnc(OC)c1[C@@H]1C[C@H]1CN. The molecule has 1 aromatic rings. The van der Waals surface area contributed by atoms with Gasteiger partial charge in [-0.05, 0) is 30.9 Å². The average molecular weight is 208 g/mol. The minimum atomic E-state index is 0.452. The van der Waals surface area contributed by atoms with E-state index in [9.17, 15) is 0 Å². The third-order valence-electron chi connectivity index (χ3n) is 2.92. The van der Waals surface area contributed by atoms with Gasteiger partial charge < -0.3 is 15.2 Å². The van der Waals surface area contributed by atoms with E-state index in [0.717, 1.165) is 17.7 Å². The Morgan fingerprint density at radius 2 is 2.27 bits per heavy atom. The Morgan fingerprint density at radius 1 is 1.47 bits per heavy atom. The van der Waals surface area contributed by atoms with Gasteiger partial charge in [-0.3, -0.25) is 0 Å². The topological polar surface area (TPSA) is 57.4 Å². The van der Waals surface area contributed by atoms with Crippen LogP contribution in [0, 0.1) is 5.92 Å². The summed E-state index contributed by atoms with van der Waals surface area (Å²) in [5.41, 5.74) is 6.71. The number of hydrogen-bond donors (Lipinski definition) is 1. The van der Waals surface area contributed by atoms with E-state index in [-0.39, 0.29) is 0 Å². The lowest BCUT2D eigenvalue weighted by molar-refractivity contribution is 0.372. The molecular formula is C11H16N2O2. The van der Waals surface area contributed by atoms with Crippen molar-refractivity contribution in [1.29, 1.82) is 0 Å². The summed E-state index contributed by atoms with van der Waals surface area (Å²) in [4.78, 5) is 4.19. The van der Waals surface area contributed by atoms with Crippen molar-refractivity contribution in [3.63, 3.8) is 0 Å². The van der Waals surface area contributed by atoms with Crippen LogP contribution >= 0.6 is 0 Å². The van der Waals surface area contributed by atoms with Crippen LogP contribution in [0.2, 0.25) is 0 Å². The molecule has 0 saturated heterocycles. The summed E-state index contributed by atoms with van der Waals surface area (Å²) in [6.07, 6.45) is 2.80. The van der Waals surface area contributed by atoms with E-state index in [4.69, 9.17) is 15.2 Å². The van der Waals surface area contributed by atoms with Gasteiger partial charge in [0, 0.05) is 6.20 Å². The maximum absolute atomic E-state index is 5.64. The molecule has 1 heterocycles. The molecule has 1 aliphatic carbocycles. The van der Waals surface area contributed by atoms with Crippen LogP contribution in [0.15, 0.2) is 12.3 Å². The molecule has 0 bridgehead atoms. The second-order valence-corrected chi connectivity index (χ2v) is 3.77. The summed E-state index contributed by atoms with van der Waals surface area (Å²) in [6.45, 7) is 0.714. The Labute approximate surface area is 89.4 Å². The first-order valence-electron chi connectivity index (χ1n) is 5.08. The summed E-state index contributed by atoms with van der Waals surface area (Å²) in [5, 5.41) is 0. The summed E-state index contributed by atoms with van der Waals surface area (Å²) in [6, 6.07) is 1.86. The highest BCUT2D eigenvalue weighted by Crippen LogP contribution is 2.52. The number of ether oxygens (including phenoxy) is 2. The van der Waals surface area contributed by atoms with E-state index in [1.54, 1.807) is 20.4 Å². The molecule has 1 fully saturated rings. The monoisotopic (exact) mass is 208 g/mol. The van der Waals surface area contributed by atoms with E-state index in [1.165, 1.54) is 0 Å². The molecule has 4 heteroatoms. The van der Waals surface area contributed by atoms with Gasteiger partial charge in [-0.2, -0.15) is 0 Å². The van der Waals surface area contributed by atoms with Gasteiger partial charge in [0.2, 0.25) is 5.88 Å². The molecule has 1 aliphatic rings. The fraction of sp³-hybridized carbons (Fsp3) is 0.545. The van der Waals surface area contributed by atoms with Crippen molar-refractivity contribution in [1.82, 2.24) is 4.98 Å². The first-order valence-corrected chi connectivity index (χ1v) is 5.08. The molecule has 2 atom stereocenters. The quantitative estimate of drug-likeness (QED) is 0.806. The van der Waals surface area contributed by atoms with Crippen molar-refractivity contribution < 1.29 is 9.47 Å². The fourth-order valence-corrected chi connectivity index (χ4v) is 1.98. The molecule has 15 heavy (non-hydrogen) atoms. The lowest BCUT2D eigenvalue weighted by Crippen LogP contribution is -2.04. The van der Waals surface area contributed by atoms with Crippen LogP contribution in [0.25, 0.3) is 0 Å². The summed E-state index contributed by atoms with van der Waals surface area (Å²) in [5.74, 6) is 2.52. The van der Waals surface area contributed by atoms with Gasteiger partial charge in [-0.25, -0.2) is 4.98 Å². The second-order valence-electron chi connectivity index (χ2n) is 3.77. The van der Waals surface area contributed by atoms with Crippen molar-refractivity contribution in [2.24, 2.45) is 11.7 Å². The maximum Gasteiger partial charge on any atom is 0.220 e. The molecule has 0 amide bonds. The summed E-state index contributed by atoms with van der Waals surface area (Å²) < 4.78 is 10.6. The van der Waals surface area contributed by atoms with Crippen molar-refractivity contribution in [3.8, 4) is 11.6 Å². The van der Waals surface area contributed by atoms with E-state index in [2.05, 4.69) is 4.98 Å². The standard InChI is InChI=1S/C11H16N2O2/c1-14-9-3-4-13-11(15-2)10(9)8-5-7(8)6-12/h3-4,7-8H,5-6,12H2,1-2H3/t7-,8+/m0/s1. The predicted octanol–water partition coefficient (Wildman–Crippen LogP) is 1.16. The van der Waals surface area contributed by atoms with Crippen LogP contribution in [-0.4, -0.2) is 25.7 Å². The molecule has 0 aromatic carbocycles. The van der Waals surface area contributed by atoms with Gasteiger partial charge in [0.25, 0.3) is 0 Å². The zero-order valence-electron chi connectivity index (χ0n) is 9.06. The normalized spacial score (nSPS) is 23.7. The second kappa shape index (κ2) is 4.06. The summed E-state index contributed by atoms with van der Waals surface area (Å²) >= 11 is 0. The largest absolute Gasteiger partial charge is 0.496 e. The van der Waals surface area contributed by atoms with E-state index in [0.29, 0.717) is 24.3 Å². The smallest absolute Gasteiger partial charge is 0.220 e. The van der Waals surface area contributed by atoms with Gasteiger partial charge in [0.15, 0.2) is 0 Å². The zero-order valence-corrected chi connectivity index (χ0v) is 9.06. The lowest BCUT2D eigenvalue weighted by Gasteiger charge is -2.11. The third-order valence-corrected chi connectivity index (χ3v) is 2.92. The molecule has 2 N–H and O–H groups in total. The maximum atomic E-state index is 5.64. The molecule has 0 radical (unpaired) electrons. The molecule has 0 unspecified atom stereocenters. The average Bonchev–Trinajstić information content (AvgIpc) is 3.06. The highest BCUT2D eigenvalue weighted by molar-refractivity contribution is 5.45. The molecule has 0 aliphatic heterocycles. The summed E-state index contributed by atoms with van der Waals surface area (Å²) in [7, 11) is 3.29. The molecular weight excluding hydrogens is 192 g/mol. The number of aromatic nitrogens is 1.